The van der Waals surface area contributed by atoms with Gasteiger partial charge in [-0.1, -0.05) is 12.1 Å². The first-order valence-corrected chi connectivity index (χ1v) is 11.2. The largest absolute Gasteiger partial charge is 0.466 e. The lowest BCUT2D eigenvalue weighted by molar-refractivity contribution is -0.143. The number of aryl methyl sites for hydroxylation is 2. The van der Waals surface area contributed by atoms with Gasteiger partial charge in [0.1, 0.15) is 12.3 Å². The van der Waals surface area contributed by atoms with E-state index in [0.717, 1.165) is 11.1 Å². The molecular formula is C23H30N6O6. The van der Waals surface area contributed by atoms with Gasteiger partial charge in [-0.15, -0.1) is 4.91 Å². The predicted molar refractivity (Wildman–Crippen MR) is 131 cm³/mol. The molecule has 0 aliphatic heterocycles. The van der Waals surface area contributed by atoms with E-state index in [-0.39, 0.29) is 29.8 Å². The van der Waals surface area contributed by atoms with Gasteiger partial charge in [-0.25, -0.2) is 0 Å². The predicted octanol–water partition coefficient (Wildman–Crippen LogP) is 2.40. The number of anilines is 1. The zero-order valence-electron chi connectivity index (χ0n) is 19.8. The van der Waals surface area contributed by atoms with Crippen molar-refractivity contribution in [2.45, 2.75) is 39.5 Å². The third kappa shape index (κ3) is 8.57. The molecule has 3 aromatic rings. The Morgan fingerprint density at radius 2 is 1.89 bits per heavy atom. The molecule has 2 aromatic heterocycles. The maximum atomic E-state index is 12.2. The number of H-pyrrole nitrogens is 2. The van der Waals surface area contributed by atoms with Crippen molar-refractivity contribution in [1.29, 1.82) is 0 Å². The van der Waals surface area contributed by atoms with Crippen LogP contribution in [0.1, 0.15) is 48.2 Å². The standard InChI is InChI=1S/C21H25N5O4.C2H5NO2/c1-2-30-16(27)4-3-11-23-19(28)14-8-5-13(6-9-14)7-10-15-12-24-18-17(15)20(29)26-21(22)25-18;1-2-5-3-4/h5-6,8-9,12H,2-4,7,10-11H2,1H3,(H,23,28)(H4,22,24,25,26,29);2H2,1H3. The molecule has 0 bridgehead atoms. The molecule has 2 heterocycles. The molecule has 0 saturated carbocycles. The molecule has 5 N–H and O–H groups in total. The van der Waals surface area contributed by atoms with E-state index in [0.29, 0.717) is 55.6 Å². The minimum atomic E-state index is -0.260. The number of nitrogens with two attached hydrogens (primary N) is 1. The highest BCUT2D eigenvalue weighted by atomic mass is 16.7. The number of aromatic amines is 2. The van der Waals surface area contributed by atoms with Crippen molar-refractivity contribution in [3.63, 3.8) is 0 Å². The average Bonchev–Trinajstić information content (AvgIpc) is 3.25. The number of nitrogens with one attached hydrogen (secondary N) is 3. The van der Waals surface area contributed by atoms with Crippen LogP contribution in [-0.2, 0) is 27.2 Å². The Labute approximate surface area is 201 Å². The van der Waals surface area contributed by atoms with E-state index < -0.39 is 0 Å². The molecule has 12 nitrogen and oxygen atoms in total. The van der Waals surface area contributed by atoms with Crippen molar-refractivity contribution in [1.82, 2.24) is 20.3 Å². The van der Waals surface area contributed by atoms with E-state index in [1.54, 1.807) is 32.2 Å². The van der Waals surface area contributed by atoms with E-state index in [2.05, 4.69) is 30.4 Å². The summed E-state index contributed by atoms with van der Waals surface area (Å²) in [5, 5.41) is 5.42. The molecule has 0 atom stereocenters. The molecule has 0 radical (unpaired) electrons. The normalized spacial score (nSPS) is 10.2. The summed E-state index contributed by atoms with van der Waals surface area (Å²) in [6, 6.07) is 7.31. The molecule has 0 unspecified atom stereocenters. The van der Waals surface area contributed by atoms with Gasteiger partial charge >= 0.3 is 5.97 Å². The molecule has 3 rings (SSSR count). The highest BCUT2D eigenvalue weighted by Crippen LogP contribution is 2.16. The molecule has 12 heteroatoms. The summed E-state index contributed by atoms with van der Waals surface area (Å²) in [7, 11) is 0. The fraction of sp³-hybridized carbons (Fsp3) is 0.391. The van der Waals surface area contributed by atoms with Gasteiger partial charge in [-0.05, 0) is 56.4 Å². The fourth-order valence-electron chi connectivity index (χ4n) is 3.24. The van der Waals surface area contributed by atoms with Crippen LogP contribution in [0.3, 0.4) is 0 Å². The Hall–Kier alpha value is -4.22. The van der Waals surface area contributed by atoms with Crippen LogP contribution < -0.4 is 16.6 Å². The Morgan fingerprint density at radius 1 is 1.14 bits per heavy atom. The van der Waals surface area contributed by atoms with Gasteiger partial charge in [0.05, 0.1) is 12.0 Å². The number of fused-ring (bicyclic) bond motifs is 1. The third-order valence-corrected chi connectivity index (χ3v) is 4.87. The van der Waals surface area contributed by atoms with E-state index in [1.165, 1.54) is 0 Å². The number of carbonyl (C=O) groups is 2. The van der Waals surface area contributed by atoms with Crippen molar-refractivity contribution in [3.05, 3.63) is 62.4 Å². The topological polar surface area (TPSA) is 182 Å². The second-order valence-electron chi connectivity index (χ2n) is 7.34. The summed E-state index contributed by atoms with van der Waals surface area (Å²) in [6.45, 7) is 4.59. The number of hydrogen-bond acceptors (Lipinski definition) is 9. The molecule has 0 spiro atoms. The van der Waals surface area contributed by atoms with Crippen LogP contribution in [-0.4, -0.2) is 46.6 Å². The van der Waals surface area contributed by atoms with Crippen LogP contribution in [0.15, 0.2) is 40.6 Å². The third-order valence-electron chi connectivity index (χ3n) is 4.87. The van der Waals surface area contributed by atoms with Gasteiger partial charge < -0.3 is 25.6 Å². The zero-order chi connectivity index (χ0) is 25.6. The number of carbonyl (C=O) groups excluding carboxylic acids is 2. The van der Waals surface area contributed by atoms with Crippen LogP contribution in [0.4, 0.5) is 5.95 Å². The number of esters is 1. The lowest BCUT2D eigenvalue weighted by atomic mass is 10.0. The van der Waals surface area contributed by atoms with Crippen molar-refractivity contribution in [2.75, 3.05) is 25.5 Å². The summed E-state index contributed by atoms with van der Waals surface area (Å²) in [5.41, 5.74) is 8.24. The second-order valence-corrected chi connectivity index (χ2v) is 7.34. The molecule has 0 aliphatic rings. The number of aromatic nitrogens is 3. The lowest BCUT2D eigenvalue weighted by Gasteiger charge is -2.06. The number of ether oxygens (including phenoxy) is 1. The molecular weight excluding hydrogens is 456 g/mol. The van der Waals surface area contributed by atoms with Gasteiger partial charge in [0.15, 0.2) is 5.34 Å². The number of amides is 1. The van der Waals surface area contributed by atoms with Crippen molar-refractivity contribution >= 4 is 28.9 Å². The van der Waals surface area contributed by atoms with Crippen molar-refractivity contribution < 1.29 is 19.2 Å². The minimum Gasteiger partial charge on any atom is -0.466 e. The number of rotatable bonds is 11. The molecule has 188 valence electrons. The zero-order valence-corrected chi connectivity index (χ0v) is 19.8. The first-order chi connectivity index (χ1) is 16.9. The van der Waals surface area contributed by atoms with Crippen LogP contribution in [0.25, 0.3) is 11.0 Å². The summed E-state index contributed by atoms with van der Waals surface area (Å²) < 4.78 is 4.85. The van der Waals surface area contributed by atoms with Gasteiger partial charge in [0.2, 0.25) is 5.95 Å². The maximum absolute atomic E-state index is 12.2. The highest BCUT2D eigenvalue weighted by molar-refractivity contribution is 5.94. The summed E-state index contributed by atoms with van der Waals surface area (Å²) in [5.74, 6) is -0.361. The summed E-state index contributed by atoms with van der Waals surface area (Å²) >= 11 is 0. The Kier molecular flexibility index (Phi) is 10.9. The molecule has 0 aliphatic carbocycles. The molecule has 1 aromatic carbocycles. The molecule has 0 fully saturated rings. The van der Waals surface area contributed by atoms with E-state index in [4.69, 9.17) is 15.4 Å². The number of benzene rings is 1. The fourth-order valence-corrected chi connectivity index (χ4v) is 3.24. The van der Waals surface area contributed by atoms with Crippen LogP contribution in [0, 0.1) is 4.91 Å². The molecule has 35 heavy (non-hydrogen) atoms. The SMILES string of the molecule is CCOC(=O)CCCNC(=O)c1ccc(CCc2c[nH]c3nc(N)[nH]c(=O)c23)cc1.CCON=O. The number of hydrogen-bond donors (Lipinski definition) is 4. The minimum absolute atomic E-state index is 0.0793. The van der Waals surface area contributed by atoms with Gasteiger partial charge in [0, 0.05) is 24.7 Å². The van der Waals surface area contributed by atoms with Gasteiger partial charge in [0.25, 0.3) is 11.5 Å². The quantitative estimate of drug-likeness (QED) is 0.138. The Balaban J connectivity index is 0.000000784. The first-order valence-electron chi connectivity index (χ1n) is 11.2. The number of nitrogens with zero attached hydrogens (tertiary/aromatic N) is 2. The second kappa shape index (κ2) is 14.1. The van der Waals surface area contributed by atoms with E-state index in [1.807, 2.05) is 12.1 Å². The molecule has 0 saturated heterocycles. The summed E-state index contributed by atoms with van der Waals surface area (Å²) in [4.78, 5) is 58.0. The van der Waals surface area contributed by atoms with Crippen molar-refractivity contribution in [2.24, 2.45) is 5.34 Å². The lowest BCUT2D eigenvalue weighted by Crippen LogP contribution is -2.25. The van der Waals surface area contributed by atoms with Crippen LogP contribution >= 0.6 is 0 Å². The van der Waals surface area contributed by atoms with Crippen LogP contribution in [0.5, 0.6) is 0 Å². The first kappa shape index (κ1) is 27.0. The van der Waals surface area contributed by atoms with E-state index >= 15 is 0 Å². The highest BCUT2D eigenvalue weighted by Gasteiger charge is 2.11. The Morgan fingerprint density at radius 3 is 2.51 bits per heavy atom. The Bertz CT molecular complexity index is 1170. The number of nitrogen functional groups attached to an aromatic ring is 1. The smallest absolute Gasteiger partial charge is 0.305 e. The maximum Gasteiger partial charge on any atom is 0.305 e. The average molecular weight is 487 g/mol. The summed E-state index contributed by atoms with van der Waals surface area (Å²) in [6.07, 6.45) is 3.94. The van der Waals surface area contributed by atoms with Gasteiger partial charge in [-0.2, -0.15) is 4.98 Å². The van der Waals surface area contributed by atoms with Crippen molar-refractivity contribution in [3.8, 4) is 0 Å². The van der Waals surface area contributed by atoms with Gasteiger partial charge in [-0.3, -0.25) is 19.4 Å². The van der Waals surface area contributed by atoms with Crippen LogP contribution in [0.2, 0.25) is 0 Å². The monoisotopic (exact) mass is 486 g/mol. The molecule has 1 amide bonds. The van der Waals surface area contributed by atoms with E-state index in [9.17, 15) is 14.4 Å².